The molecule has 0 amide bonds. The van der Waals surface area contributed by atoms with E-state index in [-0.39, 0.29) is 24.1 Å². The van der Waals surface area contributed by atoms with Gasteiger partial charge in [-0.2, -0.15) is 13.2 Å². The molecule has 0 fully saturated rings. The van der Waals surface area contributed by atoms with E-state index in [1.54, 1.807) is 22.8 Å². The first-order valence-electron chi connectivity index (χ1n) is 10.5. The number of fused-ring (bicyclic) bond motifs is 2. The van der Waals surface area contributed by atoms with Crippen molar-refractivity contribution in [1.29, 1.82) is 0 Å². The highest BCUT2D eigenvalue weighted by Gasteiger charge is 2.30. The molecule has 5 aromatic rings. The zero-order valence-electron chi connectivity index (χ0n) is 18.2. The van der Waals surface area contributed by atoms with Crippen molar-refractivity contribution in [2.24, 2.45) is 0 Å². The summed E-state index contributed by atoms with van der Waals surface area (Å²) < 4.78 is 43.8. The molecule has 0 saturated carbocycles. The number of hydrogen-bond donors (Lipinski definition) is 1. The molecule has 0 spiro atoms. The normalized spacial score (nSPS) is 12.3. The summed E-state index contributed by atoms with van der Waals surface area (Å²) in [5, 5.41) is 0. The van der Waals surface area contributed by atoms with Gasteiger partial charge in [-0.3, -0.25) is 18.7 Å². The molecule has 1 N–H and O–H groups in total. The first-order chi connectivity index (χ1) is 16.1. The standard InChI is InChI=1S/C22H19F3N6O2S/c1-3-30-18-17(19(32)28-20(30)33)31(10-13-4-6-14(7-5-13)22(23,24)25)16(27-18)8-15-11-29-9-12(2)34-21(29)26-15/h4-7,9,11H,3,8,10H2,1-2H3,(H,28,32,33). The number of benzene rings is 1. The molecule has 4 aromatic heterocycles. The van der Waals surface area contributed by atoms with Crippen molar-refractivity contribution >= 4 is 27.5 Å². The van der Waals surface area contributed by atoms with E-state index in [0.29, 0.717) is 17.9 Å². The average Bonchev–Trinajstić information content (AvgIpc) is 3.39. The lowest BCUT2D eigenvalue weighted by Crippen LogP contribution is -2.30. The van der Waals surface area contributed by atoms with E-state index in [2.05, 4.69) is 15.0 Å². The molecule has 0 saturated heterocycles. The number of aryl methyl sites for hydroxylation is 2. The zero-order chi connectivity index (χ0) is 24.2. The van der Waals surface area contributed by atoms with Crippen molar-refractivity contribution in [3.05, 3.63) is 85.0 Å². The van der Waals surface area contributed by atoms with Crippen molar-refractivity contribution in [3.63, 3.8) is 0 Å². The summed E-state index contributed by atoms with van der Waals surface area (Å²) in [5.41, 5.74) is -0.220. The van der Waals surface area contributed by atoms with Crippen molar-refractivity contribution in [2.45, 2.75) is 39.5 Å². The molecule has 0 atom stereocenters. The number of halogens is 3. The second-order valence-electron chi connectivity index (χ2n) is 7.93. The highest BCUT2D eigenvalue weighted by atomic mass is 32.1. The molecule has 12 heteroatoms. The van der Waals surface area contributed by atoms with Gasteiger partial charge < -0.3 is 4.57 Å². The molecule has 1 aromatic carbocycles. The molecule has 0 radical (unpaired) electrons. The van der Waals surface area contributed by atoms with Crippen LogP contribution in [0.3, 0.4) is 0 Å². The third kappa shape index (κ3) is 3.83. The Kier molecular flexibility index (Phi) is 5.19. The fourth-order valence-electron chi connectivity index (χ4n) is 4.00. The highest BCUT2D eigenvalue weighted by Crippen LogP contribution is 2.29. The van der Waals surface area contributed by atoms with Crippen LogP contribution in [-0.4, -0.2) is 28.5 Å². The summed E-state index contributed by atoms with van der Waals surface area (Å²) in [7, 11) is 0. The van der Waals surface area contributed by atoms with Gasteiger partial charge in [0.1, 0.15) is 5.82 Å². The third-order valence-corrected chi connectivity index (χ3v) is 6.48. The second kappa shape index (κ2) is 7.97. The Balaban J connectivity index is 1.63. The van der Waals surface area contributed by atoms with E-state index >= 15 is 0 Å². The zero-order valence-corrected chi connectivity index (χ0v) is 19.0. The predicted molar refractivity (Wildman–Crippen MR) is 121 cm³/mol. The van der Waals surface area contributed by atoms with Gasteiger partial charge in [-0.25, -0.2) is 14.8 Å². The van der Waals surface area contributed by atoms with Crippen LogP contribution >= 0.6 is 11.3 Å². The lowest BCUT2D eigenvalue weighted by atomic mass is 10.1. The van der Waals surface area contributed by atoms with Crippen LogP contribution in [0.1, 0.15) is 34.4 Å². The first-order valence-corrected chi connectivity index (χ1v) is 11.3. The van der Waals surface area contributed by atoms with Gasteiger partial charge in [0, 0.05) is 36.8 Å². The van der Waals surface area contributed by atoms with Gasteiger partial charge in [-0.1, -0.05) is 12.1 Å². The number of H-pyrrole nitrogens is 1. The van der Waals surface area contributed by atoms with Crippen molar-refractivity contribution in [1.82, 2.24) is 28.5 Å². The van der Waals surface area contributed by atoms with Crippen molar-refractivity contribution in [3.8, 4) is 0 Å². The quantitative estimate of drug-likeness (QED) is 0.410. The minimum absolute atomic E-state index is 0.107. The molecule has 8 nitrogen and oxygen atoms in total. The Labute approximate surface area is 194 Å². The van der Waals surface area contributed by atoms with Gasteiger partial charge >= 0.3 is 11.9 Å². The monoisotopic (exact) mass is 488 g/mol. The van der Waals surface area contributed by atoms with Gasteiger partial charge in [0.25, 0.3) is 5.56 Å². The summed E-state index contributed by atoms with van der Waals surface area (Å²) >= 11 is 1.54. The number of imidazole rings is 2. The van der Waals surface area contributed by atoms with E-state index < -0.39 is 23.0 Å². The number of nitrogens with zero attached hydrogens (tertiary/aromatic N) is 5. The minimum Gasteiger partial charge on any atom is -0.317 e. The molecule has 4 heterocycles. The summed E-state index contributed by atoms with van der Waals surface area (Å²) in [6.07, 6.45) is -0.328. The van der Waals surface area contributed by atoms with Gasteiger partial charge in [-0.15, -0.1) is 11.3 Å². The van der Waals surface area contributed by atoms with E-state index in [0.717, 1.165) is 27.7 Å². The minimum atomic E-state index is -4.44. The molecule has 0 unspecified atom stereocenters. The maximum absolute atomic E-state index is 13.0. The molecule has 0 aliphatic heterocycles. The Morgan fingerprint density at radius 3 is 2.44 bits per heavy atom. The topological polar surface area (TPSA) is 90.0 Å². The first kappa shape index (κ1) is 22.1. The van der Waals surface area contributed by atoms with Crippen LogP contribution in [0.5, 0.6) is 0 Å². The molecule has 0 aliphatic carbocycles. The number of aromatic amines is 1. The van der Waals surface area contributed by atoms with Crippen LogP contribution < -0.4 is 11.2 Å². The maximum atomic E-state index is 13.0. The number of hydrogen-bond acceptors (Lipinski definition) is 5. The highest BCUT2D eigenvalue weighted by molar-refractivity contribution is 7.16. The number of alkyl halides is 3. The average molecular weight is 488 g/mol. The van der Waals surface area contributed by atoms with E-state index in [1.807, 2.05) is 23.7 Å². The summed E-state index contributed by atoms with van der Waals surface area (Å²) in [6, 6.07) is 4.76. The maximum Gasteiger partial charge on any atom is 0.416 e. The number of nitrogens with one attached hydrogen (secondary N) is 1. The number of rotatable bonds is 5. The van der Waals surface area contributed by atoms with Crippen molar-refractivity contribution < 1.29 is 13.2 Å². The molecule has 5 rings (SSSR count). The van der Waals surface area contributed by atoms with Gasteiger partial charge in [0.15, 0.2) is 16.1 Å². The van der Waals surface area contributed by atoms with Crippen molar-refractivity contribution in [2.75, 3.05) is 0 Å². The lowest BCUT2D eigenvalue weighted by molar-refractivity contribution is -0.137. The number of thiazole rings is 1. The molecule has 0 bridgehead atoms. The Morgan fingerprint density at radius 1 is 1.06 bits per heavy atom. The molecule has 0 aliphatic rings. The fraction of sp³-hybridized carbons (Fsp3) is 0.273. The van der Waals surface area contributed by atoms with Crippen LogP contribution in [0.15, 0.2) is 46.2 Å². The number of aromatic nitrogens is 6. The largest absolute Gasteiger partial charge is 0.416 e. The lowest BCUT2D eigenvalue weighted by Gasteiger charge is -2.11. The van der Waals surface area contributed by atoms with Crippen LogP contribution in [0, 0.1) is 6.92 Å². The van der Waals surface area contributed by atoms with Crippen LogP contribution in [0.25, 0.3) is 16.1 Å². The predicted octanol–water partition coefficient (Wildman–Crippen LogP) is 3.58. The summed E-state index contributed by atoms with van der Waals surface area (Å²) in [6.45, 7) is 4.15. The molecular weight excluding hydrogens is 469 g/mol. The molecular formula is C22H19F3N6O2S. The van der Waals surface area contributed by atoms with E-state index in [1.165, 1.54) is 16.7 Å². The van der Waals surface area contributed by atoms with Gasteiger partial charge in [0.2, 0.25) is 0 Å². The SMILES string of the molecule is CCn1c(=O)[nH]c(=O)c2c1nc(Cc1cn3cc(C)sc3n1)n2Cc1ccc(C(F)(F)F)cc1. The third-order valence-electron chi connectivity index (χ3n) is 5.56. The Hall–Kier alpha value is -3.67. The van der Waals surface area contributed by atoms with E-state index in [9.17, 15) is 22.8 Å². The van der Waals surface area contributed by atoms with Gasteiger partial charge in [0.05, 0.1) is 11.3 Å². The van der Waals surface area contributed by atoms with Crippen LogP contribution in [0.4, 0.5) is 13.2 Å². The molecule has 34 heavy (non-hydrogen) atoms. The van der Waals surface area contributed by atoms with Gasteiger partial charge in [-0.05, 0) is 31.5 Å². The second-order valence-corrected chi connectivity index (χ2v) is 9.14. The van der Waals surface area contributed by atoms with Crippen LogP contribution in [0.2, 0.25) is 0 Å². The van der Waals surface area contributed by atoms with E-state index in [4.69, 9.17) is 0 Å². The van der Waals surface area contributed by atoms with Crippen LogP contribution in [-0.2, 0) is 25.7 Å². The molecule has 176 valence electrons. The summed E-state index contributed by atoms with van der Waals surface area (Å²) in [4.78, 5) is 38.5. The Morgan fingerprint density at radius 2 is 1.79 bits per heavy atom. The smallest absolute Gasteiger partial charge is 0.317 e. The Bertz CT molecular complexity index is 1600. The fourth-order valence-corrected chi connectivity index (χ4v) is 4.83. The summed E-state index contributed by atoms with van der Waals surface area (Å²) in [5.74, 6) is 0.482.